The van der Waals surface area contributed by atoms with E-state index >= 15 is 0 Å². The Morgan fingerprint density at radius 3 is 2.67 bits per heavy atom. The smallest absolute Gasteiger partial charge is 0.307 e. The van der Waals surface area contributed by atoms with Gasteiger partial charge in [0, 0.05) is 35.6 Å². The van der Waals surface area contributed by atoms with Gasteiger partial charge in [0.2, 0.25) is 5.91 Å². The summed E-state index contributed by atoms with van der Waals surface area (Å²) in [7, 11) is 0. The molecule has 2 aromatic rings. The quantitative estimate of drug-likeness (QED) is 0.888. The number of amides is 1. The van der Waals surface area contributed by atoms with Gasteiger partial charge in [-0.2, -0.15) is 0 Å². The molecule has 1 heterocycles. The lowest BCUT2D eigenvalue weighted by Crippen LogP contribution is -2.28. The summed E-state index contributed by atoms with van der Waals surface area (Å²) in [6.07, 6.45) is 1.08. The van der Waals surface area contributed by atoms with Gasteiger partial charge in [0.15, 0.2) is 0 Å². The SMILES string of the molecule is Cc1csc(=O)n1CCC(=O)NCCc1ccc(Cl)cc1. The van der Waals surface area contributed by atoms with Crippen LogP contribution in [0.5, 0.6) is 0 Å². The molecule has 0 spiro atoms. The first-order valence-corrected chi connectivity index (χ1v) is 7.98. The van der Waals surface area contributed by atoms with Crippen molar-refractivity contribution in [2.45, 2.75) is 26.3 Å². The summed E-state index contributed by atoms with van der Waals surface area (Å²) in [6.45, 7) is 2.88. The Balaban J connectivity index is 1.73. The second-order valence-corrected chi connectivity index (χ2v) is 6.03. The standard InChI is InChI=1S/C15H17ClN2O2S/c1-11-10-21-15(20)18(11)9-7-14(19)17-8-6-12-2-4-13(16)5-3-12/h2-5,10H,6-9H2,1H3,(H,17,19). The highest BCUT2D eigenvalue weighted by molar-refractivity contribution is 7.07. The first kappa shape index (κ1) is 15.8. The average Bonchev–Trinajstić information content (AvgIpc) is 2.78. The van der Waals surface area contributed by atoms with E-state index < -0.39 is 0 Å². The molecule has 4 nitrogen and oxygen atoms in total. The first-order chi connectivity index (χ1) is 10.1. The molecule has 0 aliphatic rings. The molecule has 0 bridgehead atoms. The summed E-state index contributed by atoms with van der Waals surface area (Å²) in [4.78, 5) is 23.3. The fourth-order valence-corrected chi connectivity index (χ4v) is 2.86. The van der Waals surface area contributed by atoms with E-state index in [0.717, 1.165) is 29.0 Å². The van der Waals surface area contributed by atoms with Gasteiger partial charge in [0.25, 0.3) is 0 Å². The molecule has 1 aromatic heterocycles. The molecule has 112 valence electrons. The molecule has 1 aromatic carbocycles. The lowest BCUT2D eigenvalue weighted by molar-refractivity contribution is -0.121. The van der Waals surface area contributed by atoms with Crippen LogP contribution in [-0.4, -0.2) is 17.0 Å². The summed E-state index contributed by atoms with van der Waals surface area (Å²) in [5, 5.41) is 5.38. The summed E-state index contributed by atoms with van der Waals surface area (Å²) < 4.78 is 1.63. The van der Waals surface area contributed by atoms with Crippen LogP contribution in [0, 0.1) is 6.92 Å². The predicted octanol–water partition coefficient (Wildman–Crippen LogP) is 2.62. The summed E-state index contributed by atoms with van der Waals surface area (Å²) >= 11 is 6.98. The number of aromatic nitrogens is 1. The average molecular weight is 325 g/mol. The first-order valence-electron chi connectivity index (χ1n) is 6.72. The van der Waals surface area contributed by atoms with Gasteiger partial charge in [0.05, 0.1) is 0 Å². The van der Waals surface area contributed by atoms with E-state index in [9.17, 15) is 9.59 Å². The van der Waals surface area contributed by atoms with Crippen LogP contribution in [0.3, 0.4) is 0 Å². The van der Waals surface area contributed by atoms with E-state index in [-0.39, 0.29) is 10.8 Å². The summed E-state index contributed by atoms with van der Waals surface area (Å²) in [5.74, 6) is -0.0403. The molecule has 1 amide bonds. The van der Waals surface area contributed by atoms with Gasteiger partial charge in [-0.3, -0.25) is 9.59 Å². The fourth-order valence-electron chi connectivity index (χ4n) is 1.97. The van der Waals surface area contributed by atoms with Crippen molar-refractivity contribution in [3.63, 3.8) is 0 Å². The Bertz CT molecular complexity index is 661. The summed E-state index contributed by atoms with van der Waals surface area (Å²) in [5.41, 5.74) is 2.03. The number of carbonyl (C=O) groups is 1. The number of benzene rings is 1. The minimum Gasteiger partial charge on any atom is -0.356 e. The third-order valence-electron chi connectivity index (χ3n) is 3.19. The fraction of sp³-hybridized carbons (Fsp3) is 0.333. The van der Waals surface area contributed by atoms with Crippen LogP contribution < -0.4 is 10.2 Å². The van der Waals surface area contributed by atoms with Crippen molar-refractivity contribution < 1.29 is 4.79 Å². The molecule has 0 atom stereocenters. The van der Waals surface area contributed by atoms with Gasteiger partial charge < -0.3 is 9.88 Å². The number of carbonyl (C=O) groups excluding carboxylic acids is 1. The zero-order chi connectivity index (χ0) is 15.2. The van der Waals surface area contributed by atoms with Gasteiger partial charge in [-0.15, -0.1) is 0 Å². The second-order valence-electron chi connectivity index (χ2n) is 4.77. The van der Waals surface area contributed by atoms with Crippen molar-refractivity contribution in [3.05, 3.63) is 55.6 Å². The van der Waals surface area contributed by atoms with Gasteiger partial charge in [-0.25, -0.2) is 0 Å². The summed E-state index contributed by atoms with van der Waals surface area (Å²) in [6, 6.07) is 7.57. The van der Waals surface area contributed by atoms with E-state index in [1.54, 1.807) is 9.95 Å². The molecule has 0 unspecified atom stereocenters. The van der Waals surface area contributed by atoms with Gasteiger partial charge in [-0.05, 0) is 31.0 Å². The van der Waals surface area contributed by atoms with E-state index in [4.69, 9.17) is 11.6 Å². The molecule has 0 aliphatic heterocycles. The van der Waals surface area contributed by atoms with E-state index in [1.807, 2.05) is 31.2 Å². The van der Waals surface area contributed by atoms with Crippen molar-refractivity contribution in [2.24, 2.45) is 0 Å². The number of aryl methyl sites for hydroxylation is 1. The van der Waals surface area contributed by atoms with E-state index in [1.165, 1.54) is 0 Å². The molecule has 0 radical (unpaired) electrons. The van der Waals surface area contributed by atoms with Crippen molar-refractivity contribution in [1.29, 1.82) is 0 Å². The third-order valence-corrected chi connectivity index (χ3v) is 4.32. The van der Waals surface area contributed by atoms with Crippen LogP contribution in [0.4, 0.5) is 0 Å². The number of thiazole rings is 1. The maximum Gasteiger partial charge on any atom is 0.307 e. The number of hydrogen-bond donors (Lipinski definition) is 1. The highest BCUT2D eigenvalue weighted by Gasteiger charge is 2.06. The van der Waals surface area contributed by atoms with Crippen LogP contribution in [0.2, 0.25) is 5.02 Å². The highest BCUT2D eigenvalue weighted by atomic mass is 35.5. The Labute approximate surface area is 132 Å². The molecule has 6 heteroatoms. The van der Waals surface area contributed by atoms with Gasteiger partial charge >= 0.3 is 4.87 Å². The van der Waals surface area contributed by atoms with E-state index in [2.05, 4.69) is 5.32 Å². The third kappa shape index (κ3) is 4.72. The van der Waals surface area contributed by atoms with Gasteiger partial charge in [-0.1, -0.05) is 35.1 Å². The number of hydrogen-bond acceptors (Lipinski definition) is 3. The number of nitrogens with zero attached hydrogens (tertiary/aromatic N) is 1. The largest absolute Gasteiger partial charge is 0.356 e. The minimum atomic E-state index is -0.0403. The topological polar surface area (TPSA) is 51.1 Å². The molecule has 0 saturated heterocycles. The molecule has 21 heavy (non-hydrogen) atoms. The predicted molar refractivity (Wildman–Crippen MR) is 86.1 cm³/mol. The van der Waals surface area contributed by atoms with Crippen molar-refractivity contribution in [3.8, 4) is 0 Å². The Morgan fingerprint density at radius 1 is 1.33 bits per heavy atom. The van der Waals surface area contributed by atoms with Crippen LogP contribution >= 0.6 is 22.9 Å². The Kier molecular flexibility index (Phi) is 5.59. The monoisotopic (exact) mass is 324 g/mol. The highest BCUT2D eigenvalue weighted by Crippen LogP contribution is 2.09. The van der Waals surface area contributed by atoms with Crippen molar-refractivity contribution >= 4 is 28.8 Å². The van der Waals surface area contributed by atoms with Crippen LogP contribution in [-0.2, 0) is 17.8 Å². The molecule has 0 aliphatic carbocycles. The van der Waals surface area contributed by atoms with Crippen molar-refractivity contribution in [1.82, 2.24) is 9.88 Å². The lowest BCUT2D eigenvalue weighted by Gasteiger charge is -2.07. The Hall–Kier alpha value is -1.59. The second kappa shape index (κ2) is 7.43. The molecular weight excluding hydrogens is 308 g/mol. The number of nitrogens with one attached hydrogen (secondary N) is 1. The number of rotatable bonds is 6. The molecule has 2 rings (SSSR count). The van der Waals surface area contributed by atoms with E-state index in [0.29, 0.717) is 24.5 Å². The maximum atomic E-state index is 11.8. The van der Waals surface area contributed by atoms with Crippen LogP contribution in [0.25, 0.3) is 0 Å². The molecule has 0 fully saturated rings. The zero-order valence-electron chi connectivity index (χ0n) is 11.8. The molecule has 0 saturated carbocycles. The number of halogens is 1. The molecular formula is C15H17ClN2O2S. The Morgan fingerprint density at radius 2 is 2.05 bits per heavy atom. The van der Waals surface area contributed by atoms with Crippen LogP contribution in [0.15, 0.2) is 34.4 Å². The van der Waals surface area contributed by atoms with Gasteiger partial charge in [0.1, 0.15) is 0 Å². The maximum absolute atomic E-state index is 11.8. The molecule has 1 N–H and O–H groups in total. The van der Waals surface area contributed by atoms with Crippen molar-refractivity contribution in [2.75, 3.05) is 6.54 Å². The zero-order valence-corrected chi connectivity index (χ0v) is 13.3. The van der Waals surface area contributed by atoms with Crippen LogP contribution in [0.1, 0.15) is 17.7 Å². The minimum absolute atomic E-state index is 0.0125. The lowest BCUT2D eigenvalue weighted by atomic mass is 10.1. The normalized spacial score (nSPS) is 10.6.